The Morgan fingerprint density at radius 1 is 0.893 bits per heavy atom. The molecule has 0 aliphatic heterocycles. The summed E-state index contributed by atoms with van der Waals surface area (Å²) in [5, 5.41) is 10.6. The Morgan fingerprint density at radius 2 is 1.75 bits per heavy atom. The van der Waals surface area contributed by atoms with E-state index in [-0.39, 0.29) is 0 Å². The van der Waals surface area contributed by atoms with Gasteiger partial charge in [-0.15, -0.1) is 21.5 Å². The molecule has 0 radical (unpaired) electrons. The summed E-state index contributed by atoms with van der Waals surface area (Å²) in [6, 6.07) is 20.4. The zero-order valence-corrected chi connectivity index (χ0v) is 16.5. The summed E-state index contributed by atoms with van der Waals surface area (Å²) in [5.41, 5.74) is 3.23. The molecule has 0 bridgehead atoms. The number of hydrogen-bond acceptors (Lipinski definition) is 7. The van der Waals surface area contributed by atoms with Crippen molar-refractivity contribution in [3.63, 3.8) is 0 Å². The second-order valence-corrected chi connectivity index (χ2v) is 8.19. The molecule has 0 unspecified atom stereocenters. The maximum absolute atomic E-state index is 5.85. The van der Waals surface area contributed by atoms with Gasteiger partial charge in [-0.2, -0.15) is 0 Å². The van der Waals surface area contributed by atoms with E-state index in [1.165, 1.54) is 17.3 Å². The molecule has 0 spiro atoms. The number of thiophene rings is 1. The van der Waals surface area contributed by atoms with Crippen molar-refractivity contribution in [1.29, 1.82) is 0 Å². The van der Waals surface area contributed by atoms with Crippen molar-refractivity contribution in [2.75, 3.05) is 0 Å². The molecular formula is C21H14N4OS2. The fourth-order valence-electron chi connectivity index (χ4n) is 2.89. The molecule has 7 heteroatoms. The highest BCUT2D eigenvalue weighted by Crippen LogP contribution is 2.38. The van der Waals surface area contributed by atoms with Crippen LogP contribution in [0.2, 0.25) is 0 Å². The molecule has 0 saturated heterocycles. The van der Waals surface area contributed by atoms with Crippen LogP contribution in [0.4, 0.5) is 0 Å². The van der Waals surface area contributed by atoms with Gasteiger partial charge in [0.05, 0.1) is 0 Å². The highest BCUT2D eigenvalue weighted by molar-refractivity contribution is 7.99. The SMILES string of the molecule is Cc1cccc(-c2nnc(Sc3ncnc4sc(-c5ccccc5)cc34)o2)c1. The van der Waals surface area contributed by atoms with Gasteiger partial charge in [0.25, 0.3) is 5.22 Å². The Hall–Kier alpha value is -3.03. The smallest absolute Gasteiger partial charge is 0.283 e. The minimum atomic E-state index is 0.462. The van der Waals surface area contributed by atoms with Gasteiger partial charge in [0, 0.05) is 15.8 Å². The molecule has 0 aliphatic carbocycles. The van der Waals surface area contributed by atoms with Crippen LogP contribution in [0.3, 0.4) is 0 Å². The van der Waals surface area contributed by atoms with E-state index in [2.05, 4.69) is 38.4 Å². The first-order valence-electron chi connectivity index (χ1n) is 8.64. The molecule has 0 aliphatic rings. The lowest BCUT2D eigenvalue weighted by Gasteiger charge is -1.97. The van der Waals surface area contributed by atoms with E-state index in [9.17, 15) is 0 Å². The minimum absolute atomic E-state index is 0.462. The molecule has 0 amide bonds. The Balaban J connectivity index is 1.48. The van der Waals surface area contributed by atoms with Crippen LogP contribution in [0.25, 0.3) is 32.1 Å². The number of fused-ring (bicyclic) bond motifs is 1. The van der Waals surface area contributed by atoms with Crippen molar-refractivity contribution in [2.24, 2.45) is 0 Å². The molecule has 28 heavy (non-hydrogen) atoms. The van der Waals surface area contributed by atoms with Gasteiger partial charge < -0.3 is 4.42 Å². The second kappa shape index (κ2) is 7.18. The average molecular weight is 403 g/mol. The lowest BCUT2D eigenvalue weighted by molar-refractivity contribution is 0.465. The molecule has 0 N–H and O–H groups in total. The van der Waals surface area contributed by atoms with Gasteiger partial charge in [-0.25, -0.2) is 9.97 Å². The fourth-order valence-corrected chi connectivity index (χ4v) is 4.69. The summed E-state index contributed by atoms with van der Waals surface area (Å²) >= 11 is 3.01. The summed E-state index contributed by atoms with van der Waals surface area (Å²) in [6.45, 7) is 2.04. The monoisotopic (exact) mass is 402 g/mol. The highest BCUT2D eigenvalue weighted by Gasteiger charge is 2.15. The van der Waals surface area contributed by atoms with Crippen LogP contribution in [0.15, 0.2) is 81.7 Å². The molecule has 5 rings (SSSR count). The molecule has 3 heterocycles. The van der Waals surface area contributed by atoms with Crippen LogP contribution in [0.1, 0.15) is 5.56 Å². The third-order valence-electron chi connectivity index (χ3n) is 4.21. The zero-order chi connectivity index (χ0) is 18.9. The van der Waals surface area contributed by atoms with Gasteiger partial charge in [-0.05, 0) is 42.4 Å². The van der Waals surface area contributed by atoms with Gasteiger partial charge in [0.2, 0.25) is 5.89 Å². The van der Waals surface area contributed by atoms with Crippen molar-refractivity contribution in [2.45, 2.75) is 17.2 Å². The van der Waals surface area contributed by atoms with Crippen LogP contribution in [-0.2, 0) is 0 Å². The number of hydrogen-bond donors (Lipinski definition) is 0. The number of rotatable bonds is 4. The number of aryl methyl sites for hydroxylation is 1. The van der Waals surface area contributed by atoms with Crippen LogP contribution in [0, 0.1) is 6.92 Å². The molecule has 3 aromatic heterocycles. The summed E-state index contributed by atoms with van der Waals surface area (Å²) in [6.07, 6.45) is 1.58. The van der Waals surface area contributed by atoms with Crippen molar-refractivity contribution < 1.29 is 4.42 Å². The molecule has 0 saturated carbocycles. The van der Waals surface area contributed by atoms with Crippen molar-refractivity contribution >= 4 is 33.3 Å². The molecule has 0 atom stereocenters. The van der Waals surface area contributed by atoms with E-state index in [4.69, 9.17) is 4.42 Å². The summed E-state index contributed by atoms with van der Waals surface area (Å²) in [5.74, 6) is 0.506. The number of benzene rings is 2. The number of nitrogens with zero attached hydrogens (tertiary/aromatic N) is 4. The van der Waals surface area contributed by atoms with Crippen LogP contribution < -0.4 is 0 Å². The van der Waals surface area contributed by atoms with E-state index >= 15 is 0 Å². The summed E-state index contributed by atoms with van der Waals surface area (Å²) in [7, 11) is 0. The number of aromatic nitrogens is 4. The second-order valence-electron chi connectivity index (χ2n) is 6.22. The third kappa shape index (κ3) is 3.30. The van der Waals surface area contributed by atoms with E-state index in [1.807, 2.05) is 49.4 Å². The fraction of sp³-hybridized carbons (Fsp3) is 0.0476. The van der Waals surface area contributed by atoms with Crippen molar-refractivity contribution in [3.05, 3.63) is 72.6 Å². The predicted octanol–water partition coefficient (Wildman–Crippen LogP) is 5.87. The maximum atomic E-state index is 5.85. The summed E-state index contributed by atoms with van der Waals surface area (Å²) < 4.78 is 5.85. The van der Waals surface area contributed by atoms with Gasteiger partial charge in [0.1, 0.15) is 16.2 Å². The van der Waals surface area contributed by atoms with Gasteiger partial charge in [-0.1, -0.05) is 48.0 Å². The third-order valence-corrected chi connectivity index (χ3v) is 6.16. The van der Waals surface area contributed by atoms with Gasteiger partial charge in [0.15, 0.2) is 0 Å². The van der Waals surface area contributed by atoms with Crippen LogP contribution in [-0.4, -0.2) is 20.2 Å². The molecule has 2 aromatic carbocycles. The Morgan fingerprint density at radius 3 is 2.61 bits per heavy atom. The minimum Gasteiger partial charge on any atom is -0.411 e. The first-order chi connectivity index (χ1) is 13.8. The molecule has 5 aromatic rings. The van der Waals surface area contributed by atoms with Crippen LogP contribution >= 0.6 is 23.1 Å². The zero-order valence-electron chi connectivity index (χ0n) is 14.9. The molecule has 136 valence electrons. The average Bonchev–Trinajstić information content (AvgIpc) is 3.36. The van der Waals surface area contributed by atoms with Crippen molar-refractivity contribution in [1.82, 2.24) is 20.2 Å². The Kier molecular flexibility index (Phi) is 4.38. The Labute approximate surface area is 169 Å². The maximum Gasteiger partial charge on any atom is 0.283 e. The van der Waals surface area contributed by atoms with Gasteiger partial charge in [-0.3, -0.25) is 0 Å². The molecule has 5 nitrogen and oxygen atoms in total. The summed E-state index contributed by atoms with van der Waals surface area (Å²) in [4.78, 5) is 11.0. The quantitative estimate of drug-likeness (QED) is 0.350. The lowest BCUT2D eigenvalue weighted by atomic mass is 10.1. The highest BCUT2D eigenvalue weighted by atomic mass is 32.2. The van der Waals surface area contributed by atoms with Crippen LogP contribution in [0.5, 0.6) is 0 Å². The largest absolute Gasteiger partial charge is 0.411 e. The molecule has 0 fully saturated rings. The first-order valence-corrected chi connectivity index (χ1v) is 10.3. The standard InChI is InChI=1S/C21H14N4OS2/c1-13-6-5-9-15(10-13)18-24-25-21(26-18)28-20-16-11-17(14-7-3-2-4-8-14)27-19(16)22-12-23-20/h2-12H,1H3. The molecular weight excluding hydrogens is 388 g/mol. The van der Waals surface area contributed by atoms with E-state index < -0.39 is 0 Å². The Bertz CT molecular complexity index is 1260. The van der Waals surface area contributed by atoms with E-state index in [1.54, 1.807) is 17.7 Å². The normalized spacial score (nSPS) is 11.2. The first kappa shape index (κ1) is 17.1. The van der Waals surface area contributed by atoms with E-state index in [0.29, 0.717) is 11.1 Å². The lowest BCUT2D eigenvalue weighted by Crippen LogP contribution is -1.83. The van der Waals surface area contributed by atoms with E-state index in [0.717, 1.165) is 31.2 Å². The van der Waals surface area contributed by atoms with Gasteiger partial charge >= 0.3 is 0 Å². The predicted molar refractivity (Wildman–Crippen MR) is 111 cm³/mol. The topological polar surface area (TPSA) is 64.7 Å². The van der Waals surface area contributed by atoms with Crippen molar-refractivity contribution in [3.8, 4) is 21.9 Å².